The van der Waals surface area contributed by atoms with Crippen molar-refractivity contribution in [1.29, 1.82) is 0 Å². The molecule has 1 heterocycles. The molecule has 0 bridgehead atoms. The second kappa shape index (κ2) is 5.01. The first kappa shape index (κ1) is 12.3. The average Bonchev–Trinajstić information content (AvgIpc) is 3.01. The summed E-state index contributed by atoms with van der Waals surface area (Å²) in [7, 11) is 0. The van der Waals surface area contributed by atoms with E-state index < -0.39 is 11.8 Å². The standard InChI is InChI=1S/C11H17NO5/c1-3-14-10(13)9(12-17-8-4-5-8)11(2)15-6-7-16-11/h8H,3-7H2,1-2H3. The van der Waals surface area contributed by atoms with Crippen molar-refractivity contribution in [2.75, 3.05) is 19.8 Å². The van der Waals surface area contributed by atoms with Gasteiger partial charge in [0.05, 0.1) is 19.8 Å². The number of hydrogen-bond donors (Lipinski definition) is 0. The fourth-order valence-corrected chi connectivity index (χ4v) is 1.46. The van der Waals surface area contributed by atoms with Crippen LogP contribution < -0.4 is 0 Å². The molecule has 2 aliphatic rings. The van der Waals surface area contributed by atoms with E-state index in [-0.39, 0.29) is 18.4 Å². The minimum Gasteiger partial charge on any atom is -0.461 e. The van der Waals surface area contributed by atoms with E-state index in [2.05, 4.69) is 5.16 Å². The molecule has 0 unspecified atom stereocenters. The quantitative estimate of drug-likeness (QED) is 0.407. The van der Waals surface area contributed by atoms with Gasteiger partial charge in [-0.15, -0.1) is 0 Å². The Bertz CT molecular complexity index is 318. The van der Waals surface area contributed by atoms with E-state index in [0.29, 0.717) is 13.2 Å². The highest BCUT2D eigenvalue weighted by molar-refractivity contribution is 6.39. The molecule has 2 rings (SSSR count). The van der Waals surface area contributed by atoms with Gasteiger partial charge in [0.15, 0.2) is 0 Å². The van der Waals surface area contributed by atoms with Crippen LogP contribution in [0, 0.1) is 0 Å². The fourth-order valence-electron chi connectivity index (χ4n) is 1.46. The first-order valence-electron chi connectivity index (χ1n) is 5.85. The number of esters is 1. The van der Waals surface area contributed by atoms with E-state index in [9.17, 15) is 4.79 Å². The Hall–Kier alpha value is -1.14. The summed E-state index contributed by atoms with van der Waals surface area (Å²) in [5, 5.41) is 3.85. The van der Waals surface area contributed by atoms with Gasteiger partial charge in [0.25, 0.3) is 0 Å². The van der Waals surface area contributed by atoms with E-state index in [4.69, 9.17) is 19.0 Å². The van der Waals surface area contributed by atoms with Crippen LogP contribution in [0.3, 0.4) is 0 Å². The maximum Gasteiger partial charge on any atom is 0.361 e. The molecule has 1 aliphatic heterocycles. The van der Waals surface area contributed by atoms with Gasteiger partial charge >= 0.3 is 5.97 Å². The smallest absolute Gasteiger partial charge is 0.361 e. The molecule has 6 nitrogen and oxygen atoms in total. The first-order valence-corrected chi connectivity index (χ1v) is 5.85. The largest absolute Gasteiger partial charge is 0.461 e. The Balaban J connectivity index is 2.09. The highest BCUT2D eigenvalue weighted by Crippen LogP contribution is 2.26. The third-order valence-electron chi connectivity index (χ3n) is 2.55. The van der Waals surface area contributed by atoms with E-state index in [1.165, 1.54) is 0 Å². The zero-order chi connectivity index (χ0) is 12.3. The van der Waals surface area contributed by atoms with Crippen molar-refractivity contribution in [3.05, 3.63) is 0 Å². The maximum atomic E-state index is 11.8. The van der Waals surface area contributed by atoms with Gasteiger partial charge < -0.3 is 19.0 Å². The van der Waals surface area contributed by atoms with Crippen LogP contribution in [0.4, 0.5) is 0 Å². The number of hydrogen-bond acceptors (Lipinski definition) is 6. The predicted octanol–water partition coefficient (Wildman–Crippen LogP) is 0.847. The van der Waals surface area contributed by atoms with Crippen molar-refractivity contribution in [1.82, 2.24) is 0 Å². The van der Waals surface area contributed by atoms with Gasteiger partial charge in [-0.1, -0.05) is 5.16 Å². The van der Waals surface area contributed by atoms with Gasteiger partial charge in [-0.25, -0.2) is 4.79 Å². The molecule has 0 aromatic rings. The summed E-state index contributed by atoms with van der Waals surface area (Å²) in [6, 6.07) is 0. The summed E-state index contributed by atoms with van der Waals surface area (Å²) >= 11 is 0. The van der Waals surface area contributed by atoms with Crippen LogP contribution in [0.2, 0.25) is 0 Å². The summed E-state index contributed by atoms with van der Waals surface area (Å²) in [4.78, 5) is 17.0. The van der Waals surface area contributed by atoms with Crippen LogP contribution in [0.5, 0.6) is 0 Å². The van der Waals surface area contributed by atoms with E-state index in [0.717, 1.165) is 12.8 Å². The second-order valence-electron chi connectivity index (χ2n) is 4.11. The maximum absolute atomic E-state index is 11.8. The van der Waals surface area contributed by atoms with Crippen molar-refractivity contribution in [2.24, 2.45) is 5.16 Å². The Kier molecular flexibility index (Phi) is 3.63. The lowest BCUT2D eigenvalue weighted by atomic mass is 10.2. The Morgan fingerprint density at radius 3 is 2.59 bits per heavy atom. The molecule has 0 aromatic carbocycles. The van der Waals surface area contributed by atoms with Gasteiger partial charge in [-0.3, -0.25) is 0 Å². The molecule has 0 atom stereocenters. The molecule has 0 radical (unpaired) electrons. The molecule has 1 saturated carbocycles. The predicted molar refractivity (Wildman–Crippen MR) is 58.5 cm³/mol. The number of rotatable bonds is 5. The van der Waals surface area contributed by atoms with Crippen LogP contribution in [-0.2, 0) is 23.8 Å². The van der Waals surface area contributed by atoms with Crippen LogP contribution in [0.1, 0.15) is 26.7 Å². The molecule has 6 heteroatoms. The van der Waals surface area contributed by atoms with Crippen molar-refractivity contribution in [3.63, 3.8) is 0 Å². The number of oxime groups is 1. The first-order chi connectivity index (χ1) is 8.15. The SMILES string of the molecule is CCOC(=O)C(=NOC1CC1)C1(C)OCCO1. The molecule has 96 valence electrons. The van der Waals surface area contributed by atoms with Gasteiger partial charge in [-0.05, 0) is 26.7 Å². The summed E-state index contributed by atoms with van der Waals surface area (Å²) < 4.78 is 15.7. The molecule has 0 N–H and O–H groups in total. The van der Waals surface area contributed by atoms with Crippen molar-refractivity contribution < 1.29 is 23.8 Å². The minimum atomic E-state index is -1.15. The van der Waals surface area contributed by atoms with E-state index >= 15 is 0 Å². The monoisotopic (exact) mass is 243 g/mol. The molecule has 0 aromatic heterocycles. The number of carbonyl (C=O) groups is 1. The third kappa shape index (κ3) is 2.95. The minimum absolute atomic E-state index is 0.0451. The Morgan fingerprint density at radius 2 is 2.06 bits per heavy atom. The molecule has 1 aliphatic carbocycles. The lowest BCUT2D eigenvalue weighted by molar-refractivity contribution is -0.141. The van der Waals surface area contributed by atoms with Gasteiger partial charge in [0.2, 0.25) is 11.5 Å². The molecule has 0 amide bonds. The van der Waals surface area contributed by atoms with Crippen LogP contribution in [-0.4, -0.2) is 43.4 Å². The second-order valence-corrected chi connectivity index (χ2v) is 4.11. The van der Waals surface area contributed by atoms with Crippen molar-refractivity contribution in [2.45, 2.75) is 38.6 Å². The number of ether oxygens (including phenoxy) is 3. The lowest BCUT2D eigenvalue weighted by Crippen LogP contribution is -2.42. The molecular weight excluding hydrogens is 226 g/mol. The molecule has 1 saturated heterocycles. The lowest BCUT2D eigenvalue weighted by Gasteiger charge is -2.22. The molecular formula is C11H17NO5. The number of carbonyl (C=O) groups excluding carboxylic acids is 1. The van der Waals surface area contributed by atoms with E-state index in [1.54, 1.807) is 13.8 Å². The topological polar surface area (TPSA) is 66.4 Å². The normalized spacial score (nSPS) is 23.5. The molecule has 0 spiro atoms. The fraction of sp³-hybridized carbons (Fsp3) is 0.818. The van der Waals surface area contributed by atoms with Crippen LogP contribution >= 0.6 is 0 Å². The average molecular weight is 243 g/mol. The van der Waals surface area contributed by atoms with Gasteiger partial charge in [-0.2, -0.15) is 0 Å². The summed E-state index contributed by atoms with van der Waals surface area (Å²) in [6.07, 6.45) is 2.06. The summed E-state index contributed by atoms with van der Waals surface area (Å²) in [6.45, 7) is 4.51. The summed E-state index contributed by atoms with van der Waals surface area (Å²) in [5.41, 5.74) is 0.0451. The van der Waals surface area contributed by atoms with Crippen LogP contribution in [0.25, 0.3) is 0 Å². The Labute approximate surface area is 99.8 Å². The zero-order valence-electron chi connectivity index (χ0n) is 10.1. The van der Waals surface area contributed by atoms with Gasteiger partial charge in [0.1, 0.15) is 6.10 Å². The summed E-state index contributed by atoms with van der Waals surface area (Å²) in [5.74, 6) is -1.71. The highest BCUT2D eigenvalue weighted by atomic mass is 16.7. The zero-order valence-corrected chi connectivity index (χ0v) is 10.1. The highest BCUT2D eigenvalue weighted by Gasteiger charge is 2.43. The molecule has 2 fully saturated rings. The molecule has 17 heavy (non-hydrogen) atoms. The van der Waals surface area contributed by atoms with Gasteiger partial charge in [0, 0.05) is 0 Å². The van der Waals surface area contributed by atoms with Crippen molar-refractivity contribution in [3.8, 4) is 0 Å². The third-order valence-corrected chi connectivity index (χ3v) is 2.55. The number of nitrogens with zero attached hydrogens (tertiary/aromatic N) is 1. The van der Waals surface area contributed by atoms with Crippen molar-refractivity contribution >= 4 is 11.7 Å². The van der Waals surface area contributed by atoms with E-state index in [1.807, 2.05) is 0 Å². The van der Waals surface area contributed by atoms with Crippen LogP contribution in [0.15, 0.2) is 5.16 Å². The Morgan fingerprint density at radius 1 is 1.41 bits per heavy atom.